The van der Waals surface area contributed by atoms with Gasteiger partial charge in [0, 0.05) is 24.4 Å². The van der Waals surface area contributed by atoms with Gasteiger partial charge in [0.2, 0.25) is 5.91 Å². The lowest BCUT2D eigenvalue weighted by atomic mass is 10.1. The van der Waals surface area contributed by atoms with Gasteiger partial charge in [-0.1, -0.05) is 18.2 Å². The van der Waals surface area contributed by atoms with Crippen LogP contribution in [0.25, 0.3) is 0 Å². The van der Waals surface area contributed by atoms with Gasteiger partial charge in [-0.3, -0.25) is 9.48 Å². The first kappa shape index (κ1) is 20.9. The Bertz CT molecular complexity index is 696. The standard InChI is InChI=1S/C16H20F2N4O2.ClH/c1-10(12-6-4-5-7-13(12)24-16(17)18)21-15(23)14(19-2)11-8-20-22(3)9-11;/h4-10,14,16,19H,1-3H3,(H,21,23);1H. The van der Waals surface area contributed by atoms with E-state index in [2.05, 4.69) is 20.5 Å². The maximum Gasteiger partial charge on any atom is 0.387 e. The number of nitrogens with one attached hydrogen (secondary N) is 2. The smallest absolute Gasteiger partial charge is 0.387 e. The summed E-state index contributed by atoms with van der Waals surface area (Å²) in [6.07, 6.45) is 3.33. The molecule has 2 aromatic rings. The van der Waals surface area contributed by atoms with Gasteiger partial charge in [0.1, 0.15) is 11.8 Å². The lowest BCUT2D eigenvalue weighted by molar-refractivity contribution is -0.123. The van der Waals surface area contributed by atoms with Gasteiger partial charge < -0.3 is 15.4 Å². The summed E-state index contributed by atoms with van der Waals surface area (Å²) in [5.41, 5.74) is 1.19. The number of carbonyl (C=O) groups excluding carboxylic acids is 1. The van der Waals surface area contributed by atoms with Gasteiger partial charge in [-0.15, -0.1) is 12.4 Å². The average Bonchev–Trinajstić information content (AvgIpc) is 2.94. The van der Waals surface area contributed by atoms with E-state index in [1.54, 1.807) is 56.3 Å². The predicted molar refractivity (Wildman–Crippen MR) is 91.9 cm³/mol. The maximum absolute atomic E-state index is 12.5. The van der Waals surface area contributed by atoms with Crippen LogP contribution in [-0.4, -0.2) is 29.3 Å². The minimum atomic E-state index is -2.92. The van der Waals surface area contributed by atoms with Crippen LogP contribution in [0.5, 0.6) is 5.75 Å². The molecule has 138 valence electrons. The summed E-state index contributed by atoms with van der Waals surface area (Å²) in [6.45, 7) is -1.21. The van der Waals surface area contributed by atoms with Crippen LogP contribution in [-0.2, 0) is 11.8 Å². The van der Waals surface area contributed by atoms with Gasteiger partial charge >= 0.3 is 6.61 Å². The van der Waals surface area contributed by atoms with Crippen LogP contribution in [0.1, 0.15) is 30.1 Å². The molecule has 1 aromatic heterocycles. The van der Waals surface area contributed by atoms with Crippen molar-refractivity contribution < 1.29 is 18.3 Å². The number of hydrogen-bond donors (Lipinski definition) is 2. The van der Waals surface area contributed by atoms with Crippen LogP contribution in [0, 0.1) is 0 Å². The van der Waals surface area contributed by atoms with E-state index in [0.717, 1.165) is 0 Å². The van der Waals surface area contributed by atoms with Crippen LogP contribution in [0.2, 0.25) is 0 Å². The molecule has 1 aromatic carbocycles. The van der Waals surface area contributed by atoms with E-state index < -0.39 is 18.7 Å². The number of aromatic nitrogens is 2. The number of ether oxygens (including phenoxy) is 1. The molecule has 1 amide bonds. The molecule has 0 bridgehead atoms. The molecule has 0 fully saturated rings. The van der Waals surface area contributed by atoms with Crippen molar-refractivity contribution in [3.8, 4) is 5.75 Å². The first-order valence-corrected chi connectivity index (χ1v) is 7.42. The Kier molecular flexibility index (Phi) is 7.79. The lowest BCUT2D eigenvalue weighted by Crippen LogP contribution is -2.37. The molecule has 0 spiro atoms. The number of likely N-dealkylation sites (N-methyl/N-ethyl adjacent to an activating group) is 1. The second-order valence-corrected chi connectivity index (χ2v) is 5.32. The molecule has 2 rings (SSSR count). The van der Waals surface area contributed by atoms with E-state index in [1.165, 1.54) is 6.07 Å². The molecule has 9 heteroatoms. The first-order valence-electron chi connectivity index (χ1n) is 7.42. The molecule has 0 aliphatic heterocycles. The van der Waals surface area contributed by atoms with Gasteiger partial charge in [-0.25, -0.2) is 0 Å². The molecule has 2 unspecified atom stereocenters. The number of amides is 1. The Labute approximate surface area is 151 Å². The van der Waals surface area contributed by atoms with E-state index in [1.807, 2.05) is 0 Å². The number of carbonyl (C=O) groups is 1. The molecule has 25 heavy (non-hydrogen) atoms. The number of nitrogens with zero attached hydrogens (tertiary/aromatic N) is 2. The van der Waals surface area contributed by atoms with Crippen molar-refractivity contribution >= 4 is 18.3 Å². The topological polar surface area (TPSA) is 68.2 Å². The fourth-order valence-electron chi connectivity index (χ4n) is 2.45. The van der Waals surface area contributed by atoms with E-state index in [9.17, 15) is 13.6 Å². The summed E-state index contributed by atoms with van der Waals surface area (Å²) >= 11 is 0. The second kappa shape index (κ2) is 9.33. The molecule has 1 heterocycles. The Morgan fingerprint density at radius 3 is 2.56 bits per heavy atom. The highest BCUT2D eigenvalue weighted by Gasteiger charge is 2.23. The molecule has 2 N–H and O–H groups in total. The highest BCUT2D eigenvalue weighted by Crippen LogP contribution is 2.26. The van der Waals surface area contributed by atoms with Gasteiger partial charge in [-0.2, -0.15) is 13.9 Å². The Balaban J connectivity index is 0.00000312. The Morgan fingerprint density at radius 1 is 1.32 bits per heavy atom. The van der Waals surface area contributed by atoms with Crippen molar-refractivity contribution in [3.05, 3.63) is 47.8 Å². The van der Waals surface area contributed by atoms with E-state index >= 15 is 0 Å². The van der Waals surface area contributed by atoms with E-state index in [-0.39, 0.29) is 24.1 Å². The number of halogens is 3. The molecule has 0 radical (unpaired) electrons. The summed E-state index contributed by atoms with van der Waals surface area (Å²) in [6, 6.07) is 5.29. The molecule has 2 atom stereocenters. The van der Waals surface area contributed by atoms with Crippen molar-refractivity contribution in [2.24, 2.45) is 7.05 Å². The van der Waals surface area contributed by atoms with Crippen molar-refractivity contribution in [1.29, 1.82) is 0 Å². The van der Waals surface area contributed by atoms with E-state index in [0.29, 0.717) is 11.1 Å². The van der Waals surface area contributed by atoms with Crippen LogP contribution in [0.3, 0.4) is 0 Å². The normalized spacial score (nSPS) is 13.0. The summed E-state index contributed by atoms with van der Waals surface area (Å²) in [5.74, 6) is -0.243. The second-order valence-electron chi connectivity index (χ2n) is 5.32. The quantitative estimate of drug-likeness (QED) is 0.781. The minimum absolute atomic E-state index is 0. The minimum Gasteiger partial charge on any atom is -0.434 e. The van der Waals surface area contributed by atoms with Crippen molar-refractivity contribution in [2.75, 3.05) is 7.05 Å². The van der Waals surface area contributed by atoms with Crippen LogP contribution >= 0.6 is 12.4 Å². The average molecular weight is 375 g/mol. The molecule has 0 aliphatic rings. The molecule has 0 aliphatic carbocycles. The summed E-state index contributed by atoms with van der Waals surface area (Å²) in [7, 11) is 3.42. The van der Waals surface area contributed by atoms with Crippen molar-refractivity contribution in [3.63, 3.8) is 0 Å². The summed E-state index contributed by atoms with van der Waals surface area (Å²) in [4.78, 5) is 12.5. The third kappa shape index (κ3) is 5.40. The van der Waals surface area contributed by atoms with Crippen molar-refractivity contribution in [2.45, 2.75) is 25.6 Å². The number of rotatable bonds is 7. The Morgan fingerprint density at radius 2 is 2.00 bits per heavy atom. The van der Waals surface area contributed by atoms with Gasteiger partial charge in [0.15, 0.2) is 0 Å². The number of aryl methyl sites for hydroxylation is 1. The SMILES string of the molecule is CNC(C(=O)NC(C)c1ccccc1OC(F)F)c1cnn(C)c1.Cl. The fraction of sp³-hybridized carbons (Fsp3) is 0.375. The zero-order valence-electron chi connectivity index (χ0n) is 14.1. The highest BCUT2D eigenvalue weighted by atomic mass is 35.5. The first-order chi connectivity index (χ1) is 11.4. The molecular weight excluding hydrogens is 354 g/mol. The molecular formula is C16H21ClF2N4O2. The maximum atomic E-state index is 12.5. The number of hydrogen-bond acceptors (Lipinski definition) is 4. The van der Waals surface area contributed by atoms with Crippen LogP contribution in [0.15, 0.2) is 36.7 Å². The van der Waals surface area contributed by atoms with Gasteiger partial charge in [0.05, 0.1) is 12.2 Å². The van der Waals surface area contributed by atoms with Crippen LogP contribution < -0.4 is 15.4 Å². The monoisotopic (exact) mass is 374 g/mol. The Hall–Kier alpha value is -2.19. The lowest BCUT2D eigenvalue weighted by Gasteiger charge is -2.21. The fourth-order valence-corrected chi connectivity index (χ4v) is 2.45. The molecule has 0 saturated carbocycles. The summed E-state index contributed by atoms with van der Waals surface area (Å²) < 4.78 is 31.1. The molecule has 6 nitrogen and oxygen atoms in total. The van der Waals surface area contributed by atoms with Gasteiger partial charge in [-0.05, 0) is 20.0 Å². The number of alkyl halides is 2. The zero-order valence-corrected chi connectivity index (χ0v) is 14.9. The molecule has 0 saturated heterocycles. The summed E-state index contributed by atoms with van der Waals surface area (Å²) in [5, 5.41) is 9.77. The highest BCUT2D eigenvalue weighted by molar-refractivity contribution is 5.85. The largest absolute Gasteiger partial charge is 0.434 e. The number of benzene rings is 1. The predicted octanol–water partition coefficient (Wildman–Crippen LogP) is 2.58. The van der Waals surface area contributed by atoms with Crippen LogP contribution in [0.4, 0.5) is 8.78 Å². The van der Waals surface area contributed by atoms with E-state index in [4.69, 9.17) is 0 Å². The number of para-hydroxylation sites is 1. The zero-order chi connectivity index (χ0) is 17.7. The third-order valence-electron chi connectivity index (χ3n) is 3.57. The third-order valence-corrected chi connectivity index (χ3v) is 3.57. The van der Waals surface area contributed by atoms with Gasteiger partial charge in [0.25, 0.3) is 0 Å². The van der Waals surface area contributed by atoms with Crippen molar-refractivity contribution in [1.82, 2.24) is 20.4 Å².